The van der Waals surface area contributed by atoms with Gasteiger partial charge in [0.2, 0.25) is 0 Å². The van der Waals surface area contributed by atoms with Gasteiger partial charge in [0.25, 0.3) is 0 Å². The van der Waals surface area contributed by atoms with E-state index in [1.165, 1.54) is 6.07 Å². The minimum atomic E-state index is -1.24. The first-order chi connectivity index (χ1) is 6.61. The number of benzene rings is 1. The minimum absolute atomic E-state index is 0.261. The highest BCUT2D eigenvalue weighted by atomic mass is 19.1. The van der Waals surface area contributed by atoms with Gasteiger partial charge in [-0.15, -0.1) is 0 Å². The van der Waals surface area contributed by atoms with Gasteiger partial charge in [0.15, 0.2) is 0 Å². The largest absolute Gasteiger partial charge is 0.478 e. The smallest absolute Gasteiger partial charge is 0.339 e. The maximum absolute atomic E-state index is 13.2. The van der Waals surface area contributed by atoms with Crippen molar-refractivity contribution < 1.29 is 14.3 Å². The van der Waals surface area contributed by atoms with E-state index >= 15 is 0 Å². The minimum Gasteiger partial charge on any atom is -0.478 e. The van der Waals surface area contributed by atoms with Crippen LogP contribution in [0, 0.1) is 5.82 Å². The molecule has 3 nitrogen and oxygen atoms in total. The quantitative estimate of drug-likeness (QED) is 0.752. The van der Waals surface area contributed by atoms with Gasteiger partial charge < -0.3 is 9.67 Å². The predicted octanol–water partition coefficient (Wildman–Crippen LogP) is 2.02. The summed E-state index contributed by atoms with van der Waals surface area (Å²) in [5, 5.41) is 9.25. The van der Waals surface area contributed by atoms with Crippen molar-refractivity contribution in [3.8, 4) is 0 Å². The molecule has 0 unspecified atom stereocenters. The lowest BCUT2D eigenvalue weighted by Gasteiger charge is -2.00. The maximum atomic E-state index is 13.2. The standard InChI is InChI=1S/C10H8FNO2/c1-12-5-4-6-8(12)3-2-7(11)9(6)10(13)14/h2-5H,1H3,(H,13,14). The van der Waals surface area contributed by atoms with Crippen LogP contribution in [-0.2, 0) is 7.05 Å². The van der Waals surface area contributed by atoms with Crippen LogP contribution in [-0.4, -0.2) is 15.6 Å². The molecule has 0 aliphatic carbocycles. The molecule has 4 heteroatoms. The van der Waals surface area contributed by atoms with Crippen LogP contribution in [0.15, 0.2) is 24.4 Å². The Morgan fingerprint density at radius 2 is 2.14 bits per heavy atom. The third-order valence-corrected chi connectivity index (χ3v) is 2.23. The van der Waals surface area contributed by atoms with Gasteiger partial charge in [-0.1, -0.05) is 0 Å². The van der Waals surface area contributed by atoms with E-state index in [0.717, 1.165) is 0 Å². The van der Waals surface area contributed by atoms with E-state index < -0.39 is 11.8 Å². The van der Waals surface area contributed by atoms with E-state index in [4.69, 9.17) is 5.11 Å². The van der Waals surface area contributed by atoms with Gasteiger partial charge in [-0.25, -0.2) is 9.18 Å². The highest BCUT2D eigenvalue weighted by molar-refractivity contribution is 6.03. The first kappa shape index (κ1) is 8.74. The Morgan fingerprint density at radius 1 is 1.43 bits per heavy atom. The van der Waals surface area contributed by atoms with Crippen LogP contribution < -0.4 is 0 Å². The van der Waals surface area contributed by atoms with Crippen LogP contribution >= 0.6 is 0 Å². The Bertz CT molecular complexity index is 516. The SMILES string of the molecule is Cn1ccc2c(C(=O)O)c(F)ccc21. The molecule has 1 N–H and O–H groups in total. The number of rotatable bonds is 1. The van der Waals surface area contributed by atoms with Crippen molar-refractivity contribution in [1.82, 2.24) is 4.57 Å². The molecule has 0 aliphatic heterocycles. The molecule has 0 fully saturated rings. The van der Waals surface area contributed by atoms with Crippen molar-refractivity contribution in [3.63, 3.8) is 0 Å². The summed E-state index contributed by atoms with van der Waals surface area (Å²) in [6.45, 7) is 0. The van der Waals surface area contributed by atoms with E-state index in [9.17, 15) is 9.18 Å². The molecule has 0 radical (unpaired) electrons. The molecule has 0 bridgehead atoms. The number of nitrogens with zero attached hydrogens (tertiary/aromatic N) is 1. The van der Waals surface area contributed by atoms with Crippen molar-refractivity contribution in [1.29, 1.82) is 0 Å². The molecular formula is C10H8FNO2. The number of carboxylic acid groups (broad SMARTS) is 1. The highest BCUT2D eigenvalue weighted by Crippen LogP contribution is 2.22. The van der Waals surface area contributed by atoms with Crippen molar-refractivity contribution in [3.05, 3.63) is 35.8 Å². The molecule has 0 atom stereocenters. The maximum Gasteiger partial charge on any atom is 0.339 e. The lowest BCUT2D eigenvalue weighted by atomic mass is 10.1. The topological polar surface area (TPSA) is 42.2 Å². The zero-order valence-corrected chi connectivity index (χ0v) is 7.49. The normalized spacial score (nSPS) is 10.7. The molecule has 0 aliphatic rings. The number of fused-ring (bicyclic) bond motifs is 1. The lowest BCUT2D eigenvalue weighted by Crippen LogP contribution is -2.01. The first-order valence-electron chi connectivity index (χ1n) is 4.08. The number of carbonyl (C=O) groups is 1. The fourth-order valence-electron chi connectivity index (χ4n) is 1.54. The number of hydrogen-bond acceptors (Lipinski definition) is 1. The van der Waals surface area contributed by atoms with Crippen LogP contribution in [0.1, 0.15) is 10.4 Å². The van der Waals surface area contributed by atoms with Gasteiger partial charge in [-0.05, 0) is 18.2 Å². The van der Waals surface area contributed by atoms with Crippen LogP contribution in [0.4, 0.5) is 4.39 Å². The number of aromatic nitrogens is 1. The molecule has 1 aromatic carbocycles. The Morgan fingerprint density at radius 3 is 2.79 bits per heavy atom. The van der Waals surface area contributed by atoms with E-state index in [1.54, 1.807) is 29.9 Å². The summed E-state index contributed by atoms with van der Waals surface area (Å²) < 4.78 is 14.9. The second kappa shape index (κ2) is 2.83. The zero-order valence-electron chi connectivity index (χ0n) is 7.49. The monoisotopic (exact) mass is 193 g/mol. The number of carboxylic acids is 1. The molecular weight excluding hydrogens is 185 g/mol. The predicted molar refractivity (Wildman–Crippen MR) is 49.8 cm³/mol. The Balaban J connectivity index is 2.90. The summed E-state index contributed by atoms with van der Waals surface area (Å²) in [6.07, 6.45) is 1.70. The highest BCUT2D eigenvalue weighted by Gasteiger charge is 2.15. The number of aromatic carboxylic acids is 1. The Labute approximate surface area is 79.4 Å². The molecule has 2 rings (SSSR count). The van der Waals surface area contributed by atoms with Gasteiger partial charge in [0, 0.05) is 24.1 Å². The first-order valence-corrected chi connectivity index (χ1v) is 4.08. The van der Waals surface area contributed by atoms with Crippen LogP contribution in [0.5, 0.6) is 0 Å². The van der Waals surface area contributed by atoms with Gasteiger partial charge >= 0.3 is 5.97 Å². The number of hydrogen-bond donors (Lipinski definition) is 1. The van der Waals surface area contributed by atoms with Gasteiger partial charge in [0.1, 0.15) is 11.4 Å². The molecule has 14 heavy (non-hydrogen) atoms. The van der Waals surface area contributed by atoms with E-state index in [2.05, 4.69) is 0 Å². The number of halogens is 1. The fourth-order valence-corrected chi connectivity index (χ4v) is 1.54. The van der Waals surface area contributed by atoms with Gasteiger partial charge in [0.05, 0.1) is 0 Å². The van der Waals surface area contributed by atoms with Gasteiger partial charge in [-0.3, -0.25) is 0 Å². The molecule has 1 heterocycles. The molecule has 0 saturated heterocycles. The Hall–Kier alpha value is -1.84. The molecule has 1 aromatic heterocycles. The van der Waals surface area contributed by atoms with Crippen LogP contribution in [0.25, 0.3) is 10.9 Å². The van der Waals surface area contributed by atoms with E-state index in [0.29, 0.717) is 10.9 Å². The van der Waals surface area contributed by atoms with Crippen molar-refractivity contribution in [2.24, 2.45) is 7.05 Å². The summed E-state index contributed by atoms with van der Waals surface area (Å²) in [6, 6.07) is 4.34. The lowest BCUT2D eigenvalue weighted by molar-refractivity contribution is 0.0694. The summed E-state index contributed by atoms with van der Waals surface area (Å²) >= 11 is 0. The average molecular weight is 193 g/mol. The van der Waals surface area contributed by atoms with Crippen molar-refractivity contribution >= 4 is 16.9 Å². The van der Waals surface area contributed by atoms with Gasteiger partial charge in [-0.2, -0.15) is 0 Å². The third-order valence-electron chi connectivity index (χ3n) is 2.23. The molecule has 0 spiro atoms. The third kappa shape index (κ3) is 1.08. The summed E-state index contributed by atoms with van der Waals surface area (Å²) in [7, 11) is 1.78. The fraction of sp³-hybridized carbons (Fsp3) is 0.100. The summed E-state index contributed by atoms with van der Waals surface area (Å²) in [5.74, 6) is -1.93. The van der Waals surface area contributed by atoms with E-state index in [-0.39, 0.29) is 5.56 Å². The molecule has 72 valence electrons. The molecule has 2 aromatic rings. The zero-order chi connectivity index (χ0) is 10.3. The second-order valence-electron chi connectivity index (χ2n) is 3.09. The number of aryl methyl sites for hydroxylation is 1. The Kier molecular flexibility index (Phi) is 1.77. The van der Waals surface area contributed by atoms with Crippen molar-refractivity contribution in [2.45, 2.75) is 0 Å². The van der Waals surface area contributed by atoms with Crippen LogP contribution in [0.2, 0.25) is 0 Å². The summed E-state index contributed by atoms with van der Waals surface area (Å²) in [5.41, 5.74) is 0.451. The molecule has 0 amide bonds. The average Bonchev–Trinajstić information content (AvgIpc) is 2.47. The molecule has 0 saturated carbocycles. The van der Waals surface area contributed by atoms with Crippen molar-refractivity contribution in [2.75, 3.05) is 0 Å². The second-order valence-corrected chi connectivity index (χ2v) is 3.09. The van der Waals surface area contributed by atoms with E-state index in [1.807, 2.05) is 0 Å². The van der Waals surface area contributed by atoms with Crippen LogP contribution in [0.3, 0.4) is 0 Å². The summed E-state index contributed by atoms with van der Waals surface area (Å²) in [4.78, 5) is 10.8.